The molecule has 1 aliphatic rings. The third kappa shape index (κ3) is 3.51. The topological polar surface area (TPSA) is 86.7 Å². The highest BCUT2D eigenvalue weighted by molar-refractivity contribution is 7.84. The molecular weight excluding hydrogens is 412 g/mol. The second-order valence-electron chi connectivity index (χ2n) is 7.19. The first kappa shape index (κ1) is 20.8. The van der Waals surface area contributed by atoms with Crippen LogP contribution in [0.25, 0.3) is 0 Å². The molecule has 1 saturated heterocycles. The summed E-state index contributed by atoms with van der Waals surface area (Å²) in [6, 6.07) is 26.4. The molecule has 0 unspecified atom stereocenters. The van der Waals surface area contributed by atoms with Crippen molar-refractivity contribution >= 4 is 16.2 Å². The number of hydrogen-bond acceptors (Lipinski definition) is 4. The van der Waals surface area contributed by atoms with E-state index >= 15 is 0 Å². The van der Waals surface area contributed by atoms with Crippen LogP contribution in [-0.2, 0) is 20.6 Å². The molecule has 2 N–H and O–H groups in total. The fraction of sp³-hybridized carbons (Fsp3) is 0.125. The van der Waals surface area contributed by atoms with E-state index in [9.17, 15) is 17.8 Å². The molecule has 1 amide bonds. The van der Waals surface area contributed by atoms with Gasteiger partial charge in [0.15, 0.2) is 0 Å². The van der Waals surface area contributed by atoms with E-state index in [1.165, 1.54) is 0 Å². The van der Waals surface area contributed by atoms with E-state index < -0.39 is 33.8 Å². The Morgan fingerprint density at radius 1 is 0.839 bits per heavy atom. The number of carbonyl (C=O) groups excluding carboxylic acids is 1. The Morgan fingerprint density at radius 2 is 1.23 bits per heavy atom. The fourth-order valence-electron chi connectivity index (χ4n) is 4.07. The van der Waals surface area contributed by atoms with Crippen molar-refractivity contribution in [3.63, 3.8) is 0 Å². The maximum Gasteiger partial charge on any atom is 0.363 e. The lowest BCUT2D eigenvalue weighted by atomic mass is 9.75. The summed E-state index contributed by atoms with van der Waals surface area (Å²) in [5, 5.41) is 3.36. The first-order chi connectivity index (χ1) is 14.9. The third-order valence-corrected chi connectivity index (χ3v) is 6.37. The lowest BCUT2D eigenvalue weighted by Crippen LogP contribution is -2.73. The van der Waals surface area contributed by atoms with Crippen LogP contribution in [-0.4, -0.2) is 35.3 Å². The van der Waals surface area contributed by atoms with Gasteiger partial charge in [0.25, 0.3) is 5.91 Å². The second-order valence-corrected chi connectivity index (χ2v) is 8.48. The molecule has 3 aromatic rings. The molecule has 1 fully saturated rings. The predicted molar refractivity (Wildman–Crippen MR) is 117 cm³/mol. The van der Waals surface area contributed by atoms with E-state index in [1.807, 2.05) is 91.0 Å². The molecule has 1 aliphatic heterocycles. The summed E-state index contributed by atoms with van der Waals surface area (Å²) < 4.78 is 33.1. The summed E-state index contributed by atoms with van der Waals surface area (Å²) >= 11 is 0. The zero-order valence-corrected chi connectivity index (χ0v) is 17.2. The largest absolute Gasteiger partial charge is 0.363 e. The average Bonchev–Trinajstić information content (AvgIpc) is 2.79. The number of terminal acetylenes is 1. The summed E-state index contributed by atoms with van der Waals surface area (Å²) in [4.78, 5) is 12.8. The number of benzene rings is 3. The Morgan fingerprint density at radius 3 is 1.55 bits per heavy atom. The fourth-order valence-corrected chi connectivity index (χ4v) is 4.88. The molecular formula is C24H20N2O4S. The molecule has 7 heteroatoms. The Bertz CT molecular complexity index is 1130. The highest BCUT2D eigenvalue weighted by Crippen LogP contribution is 2.39. The lowest BCUT2D eigenvalue weighted by Gasteiger charge is -2.47. The van der Waals surface area contributed by atoms with Crippen molar-refractivity contribution in [2.75, 3.05) is 0 Å². The summed E-state index contributed by atoms with van der Waals surface area (Å²) in [6.07, 6.45) is 5.55. The molecule has 2 atom stereocenters. The minimum atomic E-state index is -4.76. The van der Waals surface area contributed by atoms with Gasteiger partial charge in [0.05, 0.1) is 5.54 Å². The highest BCUT2D eigenvalue weighted by Gasteiger charge is 2.55. The monoisotopic (exact) mass is 432 g/mol. The number of amides is 1. The lowest BCUT2D eigenvalue weighted by molar-refractivity contribution is -0.140. The Balaban J connectivity index is 1.92. The van der Waals surface area contributed by atoms with E-state index in [4.69, 9.17) is 6.42 Å². The average molecular weight is 433 g/mol. The summed E-state index contributed by atoms with van der Waals surface area (Å²) in [7, 11) is -4.76. The predicted octanol–water partition coefficient (Wildman–Crippen LogP) is 2.58. The molecule has 0 bridgehead atoms. The van der Waals surface area contributed by atoms with Crippen molar-refractivity contribution in [3.8, 4) is 12.3 Å². The van der Waals surface area contributed by atoms with Crippen LogP contribution in [0.3, 0.4) is 0 Å². The number of nitrogens with one attached hydrogen (secondary N) is 1. The highest BCUT2D eigenvalue weighted by atomic mass is 32.2. The quantitative estimate of drug-likeness (QED) is 0.271. The Kier molecular flexibility index (Phi) is 5.38. The Labute approximate surface area is 181 Å². The summed E-state index contributed by atoms with van der Waals surface area (Å²) in [5.74, 6) is 1.51. The molecule has 4 rings (SSSR count). The van der Waals surface area contributed by atoms with Gasteiger partial charge in [0.1, 0.15) is 12.1 Å². The molecule has 0 saturated carbocycles. The van der Waals surface area contributed by atoms with Crippen LogP contribution >= 0.6 is 0 Å². The molecule has 1 heterocycles. The normalized spacial score (nSPS) is 18.8. The first-order valence-electron chi connectivity index (χ1n) is 9.60. The van der Waals surface area contributed by atoms with E-state index in [0.717, 1.165) is 16.7 Å². The van der Waals surface area contributed by atoms with E-state index in [1.54, 1.807) is 0 Å². The van der Waals surface area contributed by atoms with Crippen LogP contribution < -0.4 is 5.32 Å². The van der Waals surface area contributed by atoms with Crippen molar-refractivity contribution in [2.24, 2.45) is 0 Å². The van der Waals surface area contributed by atoms with E-state index in [0.29, 0.717) is 4.31 Å². The van der Waals surface area contributed by atoms with Gasteiger partial charge in [0.2, 0.25) is 0 Å². The molecule has 156 valence electrons. The molecule has 0 aliphatic carbocycles. The van der Waals surface area contributed by atoms with Crippen molar-refractivity contribution in [1.29, 1.82) is 0 Å². The number of nitrogens with zero attached hydrogens (tertiary/aromatic N) is 1. The van der Waals surface area contributed by atoms with Crippen molar-refractivity contribution < 1.29 is 17.8 Å². The minimum absolute atomic E-state index is 0.330. The first-order valence-corrected chi connectivity index (χ1v) is 11.0. The maximum absolute atomic E-state index is 12.8. The van der Waals surface area contributed by atoms with Crippen LogP contribution in [0.4, 0.5) is 0 Å². The van der Waals surface area contributed by atoms with E-state index in [2.05, 4.69) is 11.2 Å². The van der Waals surface area contributed by atoms with Crippen LogP contribution in [0, 0.1) is 12.3 Å². The number of carbonyl (C=O) groups is 1. The van der Waals surface area contributed by atoms with Gasteiger partial charge in [-0.3, -0.25) is 14.7 Å². The van der Waals surface area contributed by atoms with Gasteiger partial charge in [-0.2, -0.15) is 12.7 Å². The number of β-lactam (4-membered cyclic amide) rings is 1. The van der Waals surface area contributed by atoms with Crippen LogP contribution in [0.2, 0.25) is 0 Å². The molecule has 0 radical (unpaired) electrons. The second kappa shape index (κ2) is 8.00. The summed E-state index contributed by atoms with van der Waals surface area (Å²) in [6.45, 7) is 0. The molecule has 0 aromatic heterocycles. The minimum Gasteiger partial charge on any atom is -0.286 e. The van der Waals surface area contributed by atoms with Gasteiger partial charge in [0, 0.05) is 0 Å². The number of hydrogen-bond donors (Lipinski definition) is 2. The zero-order valence-electron chi connectivity index (χ0n) is 16.4. The van der Waals surface area contributed by atoms with Crippen LogP contribution in [0.5, 0.6) is 0 Å². The van der Waals surface area contributed by atoms with E-state index in [-0.39, 0.29) is 0 Å². The molecule has 6 nitrogen and oxygen atoms in total. The van der Waals surface area contributed by atoms with Crippen molar-refractivity contribution in [2.45, 2.75) is 17.6 Å². The third-order valence-electron chi connectivity index (χ3n) is 5.46. The SMILES string of the molecule is C#C[C@H]1[C@H](NC(c2ccccc2)(c2ccccc2)c2ccccc2)C(=O)N1S(=O)(=O)O. The van der Waals surface area contributed by atoms with Gasteiger partial charge in [-0.1, -0.05) is 96.9 Å². The maximum atomic E-state index is 12.8. The van der Waals surface area contributed by atoms with Gasteiger partial charge < -0.3 is 0 Å². The molecule has 3 aromatic carbocycles. The Hall–Kier alpha value is -3.44. The van der Waals surface area contributed by atoms with Gasteiger partial charge in [-0.15, -0.1) is 6.42 Å². The van der Waals surface area contributed by atoms with Gasteiger partial charge in [-0.05, 0) is 16.7 Å². The summed E-state index contributed by atoms with van der Waals surface area (Å²) in [5.41, 5.74) is 1.55. The van der Waals surface area contributed by atoms with Gasteiger partial charge >= 0.3 is 10.3 Å². The molecule has 0 spiro atoms. The number of rotatable bonds is 6. The standard InChI is InChI=1S/C24H20N2O4S/c1-2-21-22(23(27)26(21)31(28,29)30)25-24(18-12-6-3-7-13-18,19-14-8-4-9-15-19)20-16-10-5-11-17-20/h1,3-17,21-22,25H,(H,28,29,30)/t21-,22-/m0/s1. The smallest absolute Gasteiger partial charge is 0.286 e. The van der Waals surface area contributed by atoms with Crippen LogP contribution in [0.15, 0.2) is 91.0 Å². The van der Waals surface area contributed by atoms with Crippen molar-refractivity contribution in [1.82, 2.24) is 9.62 Å². The van der Waals surface area contributed by atoms with Crippen LogP contribution in [0.1, 0.15) is 16.7 Å². The zero-order chi connectivity index (χ0) is 22.1. The molecule has 31 heavy (non-hydrogen) atoms. The van der Waals surface area contributed by atoms with Crippen molar-refractivity contribution in [3.05, 3.63) is 108 Å². The van der Waals surface area contributed by atoms with Gasteiger partial charge in [-0.25, -0.2) is 0 Å².